The number of amides is 1. The van der Waals surface area contributed by atoms with E-state index in [9.17, 15) is 4.79 Å². The highest BCUT2D eigenvalue weighted by Crippen LogP contribution is 2.27. The lowest BCUT2D eigenvalue weighted by Gasteiger charge is -2.27. The molecule has 2 rings (SSSR count). The second-order valence-electron chi connectivity index (χ2n) is 5.72. The third kappa shape index (κ3) is 2.97. The van der Waals surface area contributed by atoms with Crippen molar-refractivity contribution in [2.45, 2.75) is 51.5 Å². The van der Waals surface area contributed by atoms with Crippen molar-refractivity contribution in [2.75, 3.05) is 13.1 Å². The minimum Gasteiger partial charge on any atom is -0.342 e. The van der Waals surface area contributed by atoms with Crippen LogP contribution in [0.1, 0.15) is 45.4 Å². The predicted molar refractivity (Wildman–Crippen MR) is 64.9 cm³/mol. The molecule has 1 aliphatic carbocycles. The smallest absolute Gasteiger partial charge is 0.222 e. The third-order valence-corrected chi connectivity index (χ3v) is 4.13. The molecule has 0 aromatic heterocycles. The van der Waals surface area contributed by atoms with Gasteiger partial charge in [0, 0.05) is 25.6 Å². The Bertz CT molecular complexity index is 246. The zero-order valence-corrected chi connectivity index (χ0v) is 10.3. The number of rotatable bonds is 2. The van der Waals surface area contributed by atoms with Crippen molar-refractivity contribution in [3.05, 3.63) is 0 Å². The van der Waals surface area contributed by atoms with Crippen molar-refractivity contribution in [1.29, 1.82) is 0 Å². The summed E-state index contributed by atoms with van der Waals surface area (Å²) in [6.45, 7) is 4.18. The average molecular weight is 224 g/mol. The fraction of sp³-hybridized carbons (Fsp3) is 0.923. The maximum Gasteiger partial charge on any atom is 0.222 e. The van der Waals surface area contributed by atoms with Crippen LogP contribution in [-0.4, -0.2) is 29.9 Å². The normalized spacial score (nSPS) is 35.4. The van der Waals surface area contributed by atoms with Gasteiger partial charge in [0.05, 0.1) is 0 Å². The second kappa shape index (κ2) is 5.17. The molecular formula is C13H24N2O. The van der Waals surface area contributed by atoms with E-state index in [1.54, 1.807) is 0 Å². The molecule has 1 amide bonds. The van der Waals surface area contributed by atoms with Crippen molar-refractivity contribution < 1.29 is 4.79 Å². The Kier molecular flexibility index (Phi) is 3.85. The van der Waals surface area contributed by atoms with Gasteiger partial charge in [-0.3, -0.25) is 4.79 Å². The molecule has 3 nitrogen and oxygen atoms in total. The van der Waals surface area contributed by atoms with E-state index < -0.39 is 0 Å². The highest BCUT2D eigenvalue weighted by atomic mass is 16.2. The summed E-state index contributed by atoms with van der Waals surface area (Å²) in [4.78, 5) is 14.1. The van der Waals surface area contributed by atoms with Gasteiger partial charge in [-0.05, 0) is 43.9 Å². The van der Waals surface area contributed by atoms with Crippen molar-refractivity contribution in [3.8, 4) is 0 Å². The Balaban J connectivity index is 1.75. The zero-order chi connectivity index (χ0) is 11.5. The monoisotopic (exact) mass is 224 g/mol. The lowest BCUT2D eigenvalue weighted by molar-refractivity contribution is -0.131. The number of hydrogen-bond acceptors (Lipinski definition) is 2. The van der Waals surface area contributed by atoms with Crippen LogP contribution in [-0.2, 0) is 4.79 Å². The molecule has 0 spiro atoms. The van der Waals surface area contributed by atoms with E-state index in [2.05, 4.69) is 11.8 Å². The first kappa shape index (κ1) is 11.9. The maximum absolute atomic E-state index is 12.0. The number of nitrogens with two attached hydrogens (primary N) is 1. The average Bonchev–Trinajstić information content (AvgIpc) is 2.68. The fourth-order valence-corrected chi connectivity index (χ4v) is 2.93. The quantitative estimate of drug-likeness (QED) is 0.777. The molecule has 92 valence electrons. The van der Waals surface area contributed by atoms with Gasteiger partial charge in [-0.2, -0.15) is 0 Å². The van der Waals surface area contributed by atoms with E-state index in [0.29, 0.717) is 23.8 Å². The Hall–Kier alpha value is -0.570. The summed E-state index contributed by atoms with van der Waals surface area (Å²) in [5.74, 6) is 1.68. The SMILES string of the molecule is CC1CCN(C(=O)CC2CCC(N)CC2)C1. The summed E-state index contributed by atoms with van der Waals surface area (Å²) in [6, 6.07) is 0.387. The summed E-state index contributed by atoms with van der Waals surface area (Å²) in [7, 11) is 0. The van der Waals surface area contributed by atoms with Crippen LogP contribution in [0.15, 0.2) is 0 Å². The van der Waals surface area contributed by atoms with Gasteiger partial charge in [0.25, 0.3) is 0 Å². The van der Waals surface area contributed by atoms with Gasteiger partial charge in [-0.1, -0.05) is 6.92 Å². The molecule has 2 N–H and O–H groups in total. The summed E-state index contributed by atoms with van der Waals surface area (Å²) in [6.07, 6.45) is 6.45. The summed E-state index contributed by atoms with van der Waals surface area (Å²) in [5.41, 5.74) is 5.87. The molecule has 1 unspecified atom stereocenters. The molecule has 1 aliphatic heterocycles. The Morgan fingerprint density at radius 2 is 1.94 bits per heavy atom. The van der Waals surface area contributed by atoms with E-state index in [4.69, 9.17) is 5.73 Å². The molecule has 1 atom stereocenters. The van der Waals surface area contributed by atoms with E-state index in [0.717, 1.165) is 45.2 Å². The first-order valence-corrected chi connectivity index (χ1v) is 6.68. The van der Waals surface area contributed by atoms with Crippen molar-refractivity contribution >= 4 is 5.91 Å². The highest BCUT2D eigenvalue weighted by Gasteiger charge is 2.26. The molecule has 16 heavy (non-hydrogen) atoms. The molecular weight excluding hydrogens is 200 g/mol. The van der Waals surface area contributed by atoms with Gasteiger partial charge < -0.3 is 10.6 Å². The summed E-state index contributed by atoms with van der Waals surface area (Å²) >= 11 is 0. The molecule has 0 aromatic rings. The lowest BCUT2D eigenvalue weighted by Crippen LogP contribution is -2.32. The predicted octanol–water partition coefficient (Wildman–Crippen LogP) is 1.76. The molecule has 3 heteroatoms. The largest absolute Gasteiger partial charge is 0.342 e. The Labute approximate surface area is 98.4 Å². The van der Waals surface area contributed by atoms with Crippen LogP contribution >= 0.6 is 0 Å². The van der Waals surface area contributed by atoms with Crippen LogP contribution in [0.25, 0.3) is 0 Å². The van der Waals surface area contributed by atoms with E-state index in [1.165, 1.54) is 6.42 Å². The minimum absolute atomic E-state index is 0.379. The van der Waals surface area contributed by atoms with Gasteiger partial charge in [-0.15, -0.1) is 0 Å². The first-order chi connectivity index (χ1) is 7.65. The lowest BCUT2D eigenvalue weighted by atomic mass is 9.84. The number of nitrogens with zero attached hydrogens (tertiary/aromatic N) is 1. The minimum atomic E-state index is 0.379. The number of carbonyl (C=O) groups excluding carboxylic acids is 1. The van der Waals surface area contributed by atoms with Crippen LogP contribution in [0.5, 0.6) is 0 Å². The second-order valence-corrected chi connectivity index (χ2v) is 5.72. The van der Waals surface area contributed by atoms with Gasteiger partial charge in [0.1, 0.15) is 0 Å². The first-order valence-electron chi connectivity index (χ1n) is 6.68. The number of hydrogen-bond donors (Lipinski definition) is 1. The van der Waals surface area contributed by atoms with Gasteiger partial charge in [0.15, 0.2) is 0 Å². The molecule has 1 heterocycles. The van der Waals surface area contributed by atoms with Crippen LogP contribution in [0, 0.1) is 11.8 Å². The Morgan fingerprint density at radius 1 is 1.25 bits per heavy atom. The summed E-state index contributed by atoms with van der Waals surface area (Å²) < 4.78 is 0. The van der Waals surface area contributed by atoms with Crippen LogP contribution in [0.2, 0.25) is 0 Å². The highest BCUT2D eigenvalue weighted by molar-refractivity contribution is 5.76. The Morgan fingerprint density at radius 3 is 2.50 bits per heavy atom. The third-order valence-electron chi connectivity index (χ3n) is 4.13. The molecule has 1 saturated carbocycles. The van der Waals surface area contributed by atoms with E-state index in [1.807, 2.05) is 0 Å². The molecule has 0 aromatic carbocycles. The maximum atomic E-state index is 12.0. The van der Waals surface area contributed by atoms with Gasteiger partial charge >= 0.3 is 0 Å². The number of likely N-dealkylation sites (tertiary alicyclic amines) is 1. The molecule has 2 fully saturated rings. The molecule has 2 aliphatic rings. The van der Waals surface area contributed by atoms with Crippen molar-refractivity contribution in [1.82, 2.24) is 4.90 Å². The molecule has 1 saturated heterocycles. The van der Waals surface area contributed by atoms with Gasteiger partial charge in [0.2, 0.25) is 5.91 Å². The standard InChI is InChI=1S/C13H24N2O/c1-10-6-7-15(9-10)13(16)8-11-2-4-12(14)5-3-11/h10-12H,2-9,14H2,1H3. The van der Waals surface area contributed by atoms with Crippen LogP contribution < -0.4 is 5.73 Å². The van der Waals surface area contributed by atoms with Crippen molar-refractivity contribution in [3.63, 3.8) is 0 Å². The van der Waals surface area contributed by atoms with Crippen molar-refractivity contribution in [2.24, 2.45) is 17.6 Å². The zero-order valence-electron chi connectivity index (χ0n) is 10.3. The molecule has 0 bridgehead atoms. The summed E-state index contributed by atoms with van der Waals surface area (Å²) in [5, 5.41) is 0. The van der Waals surface area contributed by atoms with Crippen LogP contribution in [0.4, 0.5) is 0 Å². The van der Waals surface area contributed by atoms with Gasteiger partial charge in [-0.25, -0.2) is 0 Å². The number of carbonyl (C=O) groups is 1. The topological polar surface area (TPSA) is 46.3 Å². The van der Waals surface area contributed by atoms with E-state index in [-0.39, 0.29) is 0 Å². The molecule has 0 radical (unpaired) electrons. The van der Waals surface area contributed by atoms with Crippen LogP contribution in [0.3, 0.4) is 0 Å². The van der Waals surface area contributed by atoms with E-state index >= 15 is 0 Å². The fourth-order valence-electron chi connectivity index (χ4n) is 2.93.